The molecule has 0 aliphatic heterocycles. The molecule has 3 nitrogen and oxygen atoms in total. The number of ether oxygens (including phenoxy) is 2. The van der Waals surface area contributed by atoms with E-state index in [0.29, 0.717) is 6.42 Å². The molecule has 0 aromatic heterocycles. The molecule has 0 saturated carbocycles. The van der Waals surface area contributed by atoms with E-state index in [9.17, 15) is 4.79 Å². The highest BCUT2D eigenvalue weighted by Gasteiger charge is 2.07. The Bertz CT molecular complexity index is 345. The first-order valence-corrected chi connectivity index (χ1v) is 4.88. The molecule has 1 aromatic rings. The molecule has 1 aromatic carbocycles. The van der Waals surface area contributed by atoms with E-state index in [2.05, 4.69) is 0 Å². The molecule has 0 radical (unpaired) electrons. The number of carbonyl (C=O) groups excluding carboxylic acids is 1. The topological polar surface area (TPSA) is 35.5 Å². The first kappa shape index (κ1) is 11.6. The highest BCUT2D eigenvalue weighted by molar-refractivity contribution is 5.52. The van der Waals surface area contributed by atoms with Gasteiger partial charge in [0.25, 0.3) is 0 Å². The second-order valence-electron chi connectivity index (χ2n) is 3.32. The minimum Gasteiger partial charge on any atom is -0.497 e. The second-order valence-corrected chi connectivity index (χ2v) is 3.32. The molecule has 0 unspecified atom stereocenters. The third kappa shape index (κ3) is 2.72. The van der Waals surface area contributed by atoms with Crippen LogP contribution in [0.2, 0.25) is 0 Å². The van der Waals surface area contributed by atoms with Gasteiger partial charge in [-0.3, -0.25) is 0 Å². The third-order valence-electron chi connectivity index (χ3n) is 2.43. The van der Waals surface area contributed by atoms with Crippen LogP contribution < -0.4 is 9.47 Å². The summed E-state index contributed by atoms with van der Waals surface area (Å²) in [7, 11) is 3.25. The Kier molecular flexibility index (Phi) is 4.16. The van der Waals surface area contributed by atoms with Crippen LogP contribution in [0.5, 0.6) is 11.5 Å². The molecule has 1 rings (SSSR count). The van der Waals surface area contributed by atoms with Gasteiger partial charge in [0.05, 0.1) is 14.2 Å². The minimum atomic E-state index is 0.525. The third-order valence-corrected chi connectivity index (χ3v) is 2.43. The first-order chi connectivity index (χ1) is 7.22. The van der Waals surface area contributed by atoms with E-state index in [1.165, 1.54) is 0 Å². The van der Waals surface area contributed by atoms with Crippen molar-refractivity contribution in [2.45, 2.75) is 19.8 Å². The highest BCUT2D eigenvalue weighted by Crippen LogP contribution is 2.28. The Morgan fingerprint density at radius 2 is 2.00 bits per heavy atom. The maximum absolute atomic E-state index is 10.3. The molecule has 0 amide bonds. The van der Waals surface area contributed by atoms with Gasteiger partial charge in [-0.1, -0.05) is 0 Å². The van der Waals surface area contributed by atoms with Crippen LogP contribution in [0.3, 0.4) is 0 Å². The Hall–Kier alpha value is -1.51. The van der Waals surface area contributed by atoms with Gasteiger partial charge in [-0.15, -0.1) is 0 Å². The van der Waals surface area contributed by atoms with E-state index in [-0.39, 0.29) is 0 Å². The number of aldehydes is 1. The number of aryl methyl sites for hydroxylation is 1. The Balaban J connectivity index is 3.05. The van der Waals surface area contributed by atoms with E-state index in [4.69, 9.17) is 9.47 Å². The summed E-state index contributed by atoms with van der Waals surface area (Å²) in [6.45, 7) is 1.98. The van der Waals surface area contributed by atoms with Gasteiger partial charge in [-0.25, -0.2) is 0 Å². The molecule has 0 spiro atoms. The lowest BCUT2D eigenvalue weighted by atomic mass is 10.0. The van der Waals surface area contributed by atoms with Gasteiger partial charge in [-0.05, 0) is 30.5 Å². The zero-order chi connectivity index (χ0) is 11.3. The lowest BCUT2D eigenvalue weighted by Crippen LogP contribution is -1.97. The fourth-order valence-electron chi connectivity index (χ4n) is 1.52. The summed E-state index contributed by atoms with van der Waals surface area (Å²) >= 11 is 0. The van der Waals surface area contributed by atoms with Crippen LogP contribution in [0.15, 0.2) is 12.1 Å². The van der Waals surface area contributed by atoms with Crippen LogP contribution in [0.25, 0.3) is 0 Å². The van der Waals surface area contributed by atoms with Gasteiger partial charge in [-0.2, -0.15) is 0 Å². The molecular formula is C12H16O3. The summed E-state index contributed by atoms with van der Waals surface area (Å²) in [6, 6.07) is 3.79. The van der Waals surface area contributed by atoms with Gasteiger partial charge >= 0.3 is 0 Å². The van der Waals surface area contributed by atoms with Crippen LogP contribution >= 0.6 is 0 Å². The lowest BCUT2D eigenvalue weighted by molar-refractivity contribution is -0.107. The molecule has 3 heteroatoms. The fourth-order valence-corrected chi connectivity index (χ4v) is 1.52. The summed E-state index contributed by atoms with van der Waals surface area (Å²) in [4.78, 5) is 10.3. The molecular weight excluding hydrogens is 192 g/mol. The summed E-state index contributed by atoms with van der Waals surface area (Å²) < 4.78 is 10.4. The highest BCUT2D eigenvalue weighted by atomic mass is 16.5. The number of rotatable bonds is 5. The molecule has 0 N–H and O–H groups in total. The number of hydrogen-bond acceptors (Lipinski definition) is 3. The molecule has 15 heavy (non-hydrogen) atoms. The molecule has 0 bridgehead atoms. The maximum Gasteiger partial charge on any atom is 0.125 e. The van der Waals surface area contributed by atoms with Crippen molar-refractivity contribution in [3.63, 3.8) is 0 Å². The van der Waals surface area contributed by atoms with Crippen molar-refractivity contribution in [2.75, 3.05) is 14.2 Å². The molecule has 0 aliphatic carbocycles. The normalized spacial score (nSPS) is 9.80. The smallest absolute Gasteiger partial charge is 0.125 e. The first-order valence-electron chi connectivity index (χ1n) is 4.88. The molecule has 0 fully saturated rings. The van der Waals surface area contributed by atoms with Gasteiger partial charge in [0.1, 0.15) is 17.8 Å². The average Bonchev–Trinajstić information content (AvgIpc) is 2.27. The predicted octanol–water partition coefficient (Wildman–Crippen LogP) is 2.14. The van der Waals surface area contributed by atoms with E-state index < -0.39 is 0 Å². The maximum atomic E-state index is 10.3. The van der Waals surface area contributed by atoms with Crippen LogP contribution in [0.1, 0.15) is 17.5 Å². The molecule has 0 atom stereocenters. The SMILES string of the molecule is COc1cc(CCC=O)c(C)c(OC)c1. The molecule has 0 heterocycles. The zero-order valence-corrected chi connectivity index (χ0v) is 9.37. The fraction of sp³-hybridized carbons (Fsp3) is 0.417. The van der Waals surface area contributed by atoms with Crippen molar-refractivity contribution < 1.29 is 14.3 Å². The summed E-state index contributed by atoms with van der Waals surface area (Å²) in [5, 5.41) is 0. The Morgan fingerprint density at radius 3 is 2.53 bits per heavy atom. The van der Waals surface area contributed by atoms with Crippen LogP contribution in [0.4, 0.5) is 0 Å². The number of hydrogen-bond donors (Lipinski definition) is 0. The minimum absolute atomic E-state index is 0.525. The van der Waals surface area contributed by atoms with E-state index in [1.807, 2.05) is 19.1 Å². The number of benzene rings is 1. The summed E-state index contributed by atoms with van der Waals surface area (Å²) in [6.07, 6.45) is 2.17. The van der Waals surface area contributed by atoms with Crippen LogP contribution in [-0.2, 0) is 11.2 Å². The molecule has 0 saturated heterocycles. The van der Waals surface area contributed by atoms with Crippen LogP contribution in [-0.4, -0.2) is 20.5 Å². The van der Waals surface area contributed by atoms with Crippen molar-refractivity contribution in [1.82, 2.24) is 0 Å². The van der Waals surface area contributed by atoms with Gasteiger partial charge in [0, 0.05) is 12.5 Å². The van der Waals surface area contributed by atoms with Gasteiger partial charge < -0.3 is 14.3 Å². The largest absolute Gasteiger partial charge is 0.497 e. The van der Waals surface area contributed by atoms with Crippen LogP contribution in [0, 0.1) is 6.92 Å². The van der Waals surface area contributed by atoms with Gasteiger partial charge in [0.2, 0.25) is 0 Å². The summed E-state index contributed by atoms with van der Waals surface area (Å²) in [5.41, 5.74) is 2.17. The second kappa shape index (κ2) is 5.39. The van der Waals surface area contributed by atoms with Crippen molar-refractivity contribution in [2.24, 2.45) is 0 Å². The van der Waals surface area contributed by atoms with E-state index in [1.54, 1.807) is 14.2 Å². The zero-order valence-electron chi connectivity index (χ0n) is 9.37. The van der Waals surface area contributed by atoms with Crippen molar-refractivity contribution in [3.8, 4) is 11.5 Å². The van der Waals surface area contributed by atoms with Gasteiger partial charge in [0.15, 0.2) is 0 Å². The average molecular weight is 208 g/mol. The summed E-state index contributed by atoms with van der Waals surface area (Å²) in [5.74, 6) is 1.56. The van der Waals surface area contributed by atoms with E-state index in [0.717, 1.165) is 35.3 Å². The molecule has 0 aliphatic rings. The lowest BCUT2D eigenvalue weighted by Gasteiger charge is -2.12. The standard InChI is InChI=1S/C12H16O3/c1-9-10(5-4-6-13)7-11(14-2)8-12(9)15-3/h6-8H,4-5H2,1-3H3. The Labute approximate surface area is 90.0 Å². The number of methoxy groups -OCH3 is 2. The quantitative estimate of drug-likeness (QED) is 0.695. The van der Waals surface area contributed by atoms with Crippen molar-refractivity contribution >= 4 is 6.29 Å². The Morgan fingerprint density at radius 1 is 1.27 bits per heavy atom. The molecule has 82 valence electrons. The van der Waals surface area contributed by atoms with E-state index >= 15 is 0 Å². The number of carbonyl (C=O) groups is 1. The van der Waals surface area contributed by atoms with Crippen molar-refractivity contribution in [3.05, 3.63) is 23.3 Å². The predicted molar refractivity (Wildman–Crippen MR) is 58.7 cm³/mol. The monoisotopic (exact) mass is 208 g/mol. The van der Waals surface area contributed by atoms with Crippen molar-refractivity contribution in [1.29, 1.82) is 0 Å².